The predicted octanol–water partition coefficient (Wildman–Crippen LogP) is 4.03. The van der Waals surface area contributed by atoms with Gasteiger partial charge in [0.25, 0.3) is 0 Å². The van der Waals surface area contributed by atoms with Crippen LogP contribution >= 0.6 is 0 Å². The average Bonchev–Trinajstić information content (AvgIpc) is 3.23. The van der Waals surface area contributed by atoms with Crippen LogP contribution in [0.25, 0.3) is 11.3 Å². The van der Waals surface area contributed by atoms with Crippen molar-refractivity contribution in [2.24, 2.45) is 0 Å². The van der Waals surface area contributed by atoms with Crippen molar-refractivity contribution < 1.29 is 22.7 Å². The van der Waals surface area contributed by atoms with Crippen LogP contribution in [0.2, 0.25) is 0 Å². The van der Waals surface area contributed by atoms with E-state index in [1.807, 2.05) is 4.90 Å². The first-order valence-electron chi connectivity index (χ1n) is 9.71. The quantitative estimate of drug-likeness (QED) is 0.661. The van der Waals surface area contributed by atoms with Crippen molar-refractivity contribution in [3.8, 4) is 11.3 Å². The van der Waals surface area contributed by atoms with Gasteiger partial charge in [0, 0.05) is 37.2 Å². The highest BCUT2D eigenvalue weighted by molar-refractivity contribution is 5.91. The Morgan fingerprint density at radius 2 is 1.87 bits per heavy atom. The highest BCUT2D eigenvalue weighted by Crippen LogP contribution is 2.24. The van der Waals surface area contributed by atoms with Gasteiger partial charge in [-0.05, 0) is 42.5 Å². The minimum Gasteiger partial charge on any atom is -0.441 e. The molecule has 6 nitrogen and oxygen atoms in total. The van der Waals surface area contributed by atoms with Gasteiger partial charge in [0.2, 0.25) is 5.91 Å². The number of carbonyl (C=O) groups excluding carboxylic acids is 1. The summed E-state index contributed by atoms with van der Waals surface area (Å²) in [4.78, 5) is 18.3. The van der Waals surface area contributed by atoms with Crippen LogP contribution in [0, 0.1) is 11.6 Å². The first kappa shape index (κ1) is 20.0. The fourth-order valence-corrected chi connectivity index (χ4v) is 3.26. The average molecular weight is 413 g/mol. The lowest BCUT2D eigenvalue weighted by molar-refractivity contribution is -0.116. The first-order chi connectivity index (χ1) is 14.6. The third-order valence-electron chi connectivity index (χ3n) is 4.83. The second kappa shape index (κ2) is 9.04. The summed E-state index contributed by atoms with van der Waals surface area (Å²) in [6, 6.07) is 10.6. The minimum absolute atomic E-state index is 0.135. The summed E-state index contributed by atoms with van der Waals surface area (Å²) in [7, 11) is 0. The van der Waals surface area contributed by atoms with E-state index < -0.39 is 0 Å². The molecule has 0 unspecified atom stereocenters. The Morgan fingerprint density at radius 3 is 2.60 bits per heavy atom. The van der Waals surface area contributed by atoms with Crippen molar-refractivity contribution in [2.45, 2.75) is 12.8 Å². The summed E-state index contributed by atoms with van der Waals surface area (Å²) in [5.41, 5.74) is 1.61. The number of hydrogen-bond acceptors (Lipinski definition) is 5. The summed E-state index contributed by atoms with van der Waals surface area (Å²) in [5.74, 6) is -0.0736. The zero-order valence-electron chi connectivity index (χ0n) is 16.2. The highest BCUT2D eigenvalue weighted by atomic mass is 19.1. The van der Waals surface area contributed by atoms with Crippen molar-refractivity contribution >= 4 is 17.3 Å². The standard InChI is InChI=1S/C22H21F2N3O3/c23-16-3-1-15(2-4-16)20-14-25-22(30-20)8-7-21(28)26-17-5-6-19(18(24)13-17)27-9-11-29-12-10-27/h1-6,13-14H,7-12H2,(H,26,28). The van der Waals surface area contributed by atoms with Gasteiger partial charge in [-0.2, -0.15) is 0 Å². The molecular weight excluding hydrogens is 392 g/mol. The Kier molecular flexibility index (Phi) is 6.04. The molecule has 1 N–H and O–H groups in total. The Labute approximate surface area is 172 Å². The van der Waals surface area contributed by atoms with Crippen LogP contribution in [0.4, 0.5) is 20.2 Å². The molecular formula is C22H21F2N3O3. The first-order valence-corrected chi connectivity index (χ1v) is 9.71. The van der Waals surface area contributed by atoms with Gasteiger partial charge >= 0.3 is 0 Å². The molecule has 1 aliphatic heterocycles. The zero-order valence-corrected chi connectivity index (χ0v) is 16.2. The van der Waals surface area contributed by atoms with Gasteiger partial charge < -0.3 is 19.4 Å². The number of hydrogen-bond donors (Lipinski definition) is 1. The number of nitrogens with one attached hydrogen (secondary N) is 1. The van der Waals surface area contributed by atoms with Gasteiger partial charge in [-0.15, -0.1) is 0 Å². The van der Waals surface area contributed by atoms with Crippen LogP contribution in [0.5, 0.6) is 0 Å². The lowest BCUT2D eigenvalue weighted by Gasteiger charge is -2.29. The topological polar surface area (TPSA) is 67.6 Å². The maximum absolute atomic E-state index is 14.4. The highest BCUT2D eigenvalue weighted by Gasteiger charge is 2.16. The summed E-state index contributed by atoms with van der Waals surface area (Å²) >= 11 is 0. The fraction of sp³-hybridized carbons (Fsp3) is 0.273. The molecule has 0 aliphatic carbocycles. The van der Waals surface area contributed by atoms with E-state index in [1.54, 1.807) is 30.5 Å². The second-order valence-electron chi connectivity index (χ2n) is 6.94. The normalized spacial score (nSPS) is 14.0. The van der Waals surface area contributed by atoms with Crippen LogP contribution in [-0.2, 0) is 16.0 Å². The number of amides is 1. The molecule has 1 saturated heterocycles. The molecule has 4 rings (SSSR count). The molecule has 1 aromatic heterocycles. The monoisotopic (exact) mass is 413 g/mol. The smallest absolute Gasteiger partial charge is 0.224 e. The zero-order chi connectivity index (χ0) is 20.9. The number of morpholine rings is 1. The molecule has 8 heteroatoms. The molecule has 0 spiro atoms. The van der Waals surface area contributed by atoms with Crippen LogP contribution < -0.4 is 10.2 Å². The molecule has 2 heterocycles. The molecule has 1 aliphatic rings. The molecule has 30 heavy (non-hydrogen) atoms. The molecule has 0 saturated carbocycles. The van der Waals surface area contributed by atoms with Gasteiger partial charge in [-0.25, -0.2) is 13.8 Å². The minimum atomic E-state index is -0.383. The summed E-state index contributed by atoms with van der Waals surface area (Å²) < 4.78 is 38.4. The summed E-state index contributed by atoms with van der Waals surface area (Å²) in [6.07, 6.45) is 1.97. The number of aryl methyl sites for hydroxylation is 1. The van der Waals surface area contributed by atoms with E-state index in [9.17, 15) is 13.6 Å². The van der Waals surface area contributed by atoms with Gasteiger partial charge in [-0.3, -0.25) is 4.79 Å². The van der Waals surface area contributed by atoms with E-state index in [-0.39, 0.29) is 24.0 Å². The van der Waals surface area contributed by atoms with E-state index in [0.29, 0.717) is 61.3 Å². The van der Waals surface area contributed by atoms with Gasteiger partial charge in [0.15, 0.2) is 11.7 Å². The summed E-state index contributed by atoms with van der Waals surface area (Å²) in [5, 5.41) is 2.69. The van der Waals surface area contributed by atoms with Gasteiger partial charge in [0.05, 0.1) is 25.1 Å². The third kappa shape index (κ3) is 4.83. The Bertz CT molecular complexity index is 1010. The number of halogens is 2. The maximum atomic E-state index is 14.4. The molecule has 3 aromatic rings. The lowest BCUT2D eigenvalue weighted by Crippen LogP contribution is -2.36. The molecule has 0 bridgehead atoms. The SMILES string of the molecule is O=C(CCc1ncc(-c2ccc(F)cc2)o1)Nc1ccc(N2CCOCC2)c(F)c1. The molecule has 156 valence electrons. The number of carbonyl (C=O) groups is 1. The van der Waals surface area contributed by atoms with Gasteiger partial charge in [-0.1, -0.05) is 0 Å². The van der Waals surface area contributed by atoms with Crippen molar-refractivity contribution in [2.75, 3.05) is 36.5 Å². The van der Waals surface area contributed by atoms with Crippen LogP contribution in [0.1, 0.15) is 12.3 Å². The molecule has 1 amide bonds. The van der Waals surface area contributed by atoms with E-state index >= 15 is 0 Å². The molecule has 0 atom stereocenters. The Morgan fingerprint density at radius 1 is 1.10 bits per heavy atom. The number of aromatic nitrogens is 1. The van der Waals surface area contributed by atoms with Crippen molar-refractivity contribution in [3.63, 3.8) is 0 Å². The largest absolute Gasteiger partial charge is 0.441 e. The van der Waals surface area contributed by atoms with Crippen LogP contribution in [-0.4, -0.2) is 37.2 Å². The van der Waals surface area contributed by atoms with Crippen LogP contribution in [0.3, 0.4) is 0 Å². The fourth-order valence-electron chi connectivity index (χ4n) is 3.26. The Balaban J connectivity index is 1.32. The third-order valence-corrected chi connectivity index (χ3v) is 4.83. The molecule has 2 aromatic carbocycles. The van der Waals surface area contributed by atoms with Crippen LogP contribution in [0.15, 0.2) is 53.1 Å². The molecule has 0 radical (unpaired) electrons. The number of ether oxygens (including phenoxy) is 1. The Hall–Kier alpha value is -3.26. The van der Waals surface area contributed by atoms with E-state index in [1.165, 1.54) is 18.2 Å². The second-order valence-corrected chi connectivity index (χ2v) is 6.94. The lowest BCUT2D eigenvalue weighted by atomic mass is 10.2. The van der Waals surface area contributed by atoms with E-state index in [0.717, 1.165) is 0 Å². The van der Waals surface area contributed by atoms with E-state index in [4.69, 9.17) is 9.15 Å². The number of benzene rings is 2. The number of rotatable bonds is 6. The van der Waals surface area contributed by atoms with Crippen molar-refractivity contribution in [3.05, 3.63) is 66.2 Å². The predicted molar refractivity (Wildman–Crippen MR) is 108 cm³/mol. The number of oxazole rings is 1. The van der Waals surface area contributed by atoms with Gasteiger partial charge in [0.1, 0.15) is 11.6 Å². The van der Waals surface area contributed by atoms with E-state index in [2.05, 4.69) is 10.3 Å². The number of anilines is 2. The van der Waals surface area contributed by atoms with Crippen molar-refractivity contribution in [1.82, 2.24) is 4.98 Å². The molecule has 1 fully saturated rings. The summed E-state index contributed by atoms with van der Waals surface area (Å²) in [6.45, 7) is 2.42. The maximum Gasteiger partial charge on any atom is 0.224 e. The number of nitrogens with zero attached hydrogens (tertiary/aromatic N) is 2. The van der Waals surface area contributed by atoms with Crippen molar-refractivity contribution in [1.29, 1.82) is 0 Å².